The Morgan fingerprint density at radius 1 is 1.19 bits per heavy atom. The molecule has 0 aliphatic carbocycles. The fourth-order valence-electron chi connectivity index (χ4n) is 2.57. The minimum Gasteiger partial charge on any atom is -0.360 e. The molecule has 0 saturated heterocycles. The quantitative estimate of drug-likeness (QED) is 0.510. The lowest BCUT2D eigenvalue weighted by Crippen LogP contribution is -1.97. The lowest BCUT2D eigenvalue weighted by atomic mass is 10.0. The van der Waals surface area contributed by atoms with E-state index >= 15 is 0 Å². The van der Waals surface area contributed by atoms with Gasteiger partial charge in [0.2, 0.25) is 0 Å². The number of allylic oxidation sites excluding steroid dienone is 1. The van der Waals surface area contributed by atoms with Gasteiger partial charge in [-0.25, -0.2) is 4.98 Å². The van der Waals surface area contributed by atoms with Crippen molar-refractivity contribution in [2.24, 2.45) is 0 Å². The Balaban J connectivity index is 1.85. The van der Waals surface area contributed by atoms with Gasteiger partial charge >= 0.3 is 0 Å². The predicted molar refractivity (Wildman–Crippen MR) is 110 cm³/mol. The van der Waals surface area contributed by atoms with Crippen LogP contribution in [0.5, 0.6) is 0 Å². The van der Waals surface area contributed by atoms with Crippen LogP contribution >= 0.6 is 22.9 Å². The molecule has 5 heteroatoms. The van der Waals surface area contributed by atoms with E-state index in [1.54, 1.807) is 6.20 Å². The van der Waals surface area contributed by atoms with Crippen molar-refractivity contribution >= 4 is 34.2 Å². The number of aromatic nitrogens is 1. The molecule has 3 aromatic rings. The van der Waals surface area contributed by atoms with Gasteiger partial charge in [0, 0.05) is 27.9 Å². The molecule has 0 aliphatic heterocycles. The molecule has 3 nitrogen and oxygen atoms in total. The minimum atomic E-state index is 0.397. The van der Waals surface area contributed by atoms with E-state index in [2.05, 4.69) is 36.3 Å². The average Bonchev–Trinajstić information content (AvgIpc) is 3.13. The highest BCUT2D eigenvalue weighted by Gasteiger charge is 2.10. The summed E-state index contributed by atoms with van der Waals surface area (Å²) in [6.45, 7) is 4.29. The van der Waals surface area contributed by atoms with Crippen molar-refractivity contribution in [1.29, 1.82) is 5.26 Å². The second-order valence-electron chi connectivity index (χ2n) is 6.10. The molecule has 130 valence electrons. The number of nitrogens with zero attached hydrogens (tertiary/aromatic N) is 2. The maximum atomic E-state index is 9.54. The molecule has 0 radical (unpaired) electrons. The van der Waals surface area contributed by atoms with Gasteiger partial charge in [-0.2, -0.15) is 5.26 Å². The molecule has 0 saturated carbocycles. The van der Waals surface area contributed by atoms with Crippen molar-refractivity contribution in [2.45, 2.75) is 19.8 Å². The van der Waals surface area contributed by atoms with Crippen molar-refractivity contribution in [3.63, 3.8) is 0 Å². The number of rotatable bonds is 5. The molecule has 0 atom stereocenters. The summed E-state index contributed by atoms with van der Waals surface area (Å²) in [7, 11) is 0. The van der Waals surface area contributed by atoms with E-state index in [-0.39, 0.29) is 0 Å². The van der Waals surface area contributed by atoms with Gasteiger partial charge in [-0.3, -0.25) is 0 Å². The third-order valence-electron chi connectivity index (χ3n) is 3.95. The van der Waals surface area contributed by atoms with Crippen LogP contribution in [0.2, 0.25) is 5.02 Å². The van der Waals surface area contributed by atoms with Crippen LogP contribution in [0.4, 0.5) is 5.69 Å². The molecule has 0 spiro atoms. The van der Waals surface area contributed by atoms with E-state index in [4.69, 9.17) is 11.6 Å². The monoisotopic (exact) mass is 379 g/mol. The number of hydrogen-bond donors (Lipinski definition) is 1. The third-order valence-corrected chi connectivity index (χ3v) is 5.08. The predicted octanol–water partition coefficient (Wildman–Crippen LogP) is 6.56. The summed E-state index contributed by atoms with van der Waals surface area (Å²) in [5.41, 5.74) is 4.54. The molecule has 2 aromatic carbocycles. The highest BCUT2D eigenvalue weighted by atomic mass is 35.5. The molecular formula is C21H18ClN3S. The standard InChI is InChI=1S/C21H18ClN3S/c1-14(2)18-5-3-4-6-19(18)24-12-16(11-23)21-25-20(13-26-21)15-7-9-17(22)10-8-15/h3-10,12-14,24H,1-2H3/b16-12-. The Hall–Kier alpha value is -2.61. The Labute approximate surface area is 162 Å². The van der Waals surface area contributed by atoms with Crippen molar-refractivity contribution in [1.82, 2.24) is 4.98 Å². The number of thiazole rings is 1. The lowest BCUT2D eigenvalue weighted by Gasteiger charge is -2.12. The van der Waals surface area contributed by atoms with E-state index in [0.717, 1.165) is 16.9 Å². The van der Waals surface area contributed by atoms with E-state index in [1.165, 1.54) is 16.9 Å². The van der Waals surface area contributed by atoms with Crippen molar-refractivity contribution in [2.75, 3.05) is 5.32 Å². The summed E-state index contributed by atoms with van der Waals surface area (Å²) >= 11 is 7.39. The first-order valence-corrected chi connectivity index (χ1v) is 9.52. The minimum absolute atomic E-state index is 0.397. The van der Waals surface area contributed by atoms with Crippen LogP contribution in [0.25, 0.3) is 16.8 Å². The van der Waals surface area contributed by atoms with Crippen LogP contribution in [-0.2, 0) is 0 Å². The number of benzene rings is 2. The molecular weight excluding hydrogens is 362 g/mol. The van der Waals surface area contributed by atoms with Crippen LogP contribution in [0.3, 0.4) is 0 Å². The van der Waals surface area contributed by atoms with E-state index in [1.807, 2.05) is 47.8 Å². The summed E-state index contributed by atoms with van der Waals surface area (Å²) in [5.74, 6) is 0.397. The number of nitrogens with one attached hydrogen (secondary N) is 1. The van der Waals surface area contributed by atoms with Gasteiger partial charge in [-0.15, -0.1) is 11.3 Å². The van der Waals surface area contributed by atoms with Gasteiger partial charge < -0.3 is 5.32 Å². The number of nitriles is 1. The van der Waals surface area contributed by atoms with Crippen molar-refractivity contribution in [3.8, 4) is 17.3 Å². The highest BCUT2D eigenvalue weighted by Crippen LogP contribution is 2.28. The second kappa shape index (κ2) is 8.18. The SMILES string of the molecule is CC(C)c1ccccc1N/C=C(/C#N)c1nc(-c2ccc(Cl)cc2)cs1. The summed E-state index contributed by atoms with van der Waals surface area (Å²) in [5, 5.41) is 16.1. The number of halogens is 1. The Morgan fingerprint density at radius 2 is 1.92 bits per heavy atom. The maximum Gasteiger partial charge on any atom is 0.136 e. The van der Waals surface area contributed by atoms with Gasteiger partial charge in [-0.05, 0) is 29.7 Å². The van der Waals surface area contributed by atoms with E-state index in [9.17, 15) is 5.26 Å². The average molecular weight is 380 g/mol. The second-order valence-corrected chi connectivity index (χ2v) is 7.40. The molecule has 26 heavy (non-hydrogen) atoms. The zero-order chi connectivity index (χ0) is 18.5. The normalized spacial score (nSPS) is 11.4. The molecule has 1 aromatic heterocycles. The van der Waals surface area contributed by atoms with Gasteiger partial charge in [0.25, 0.3) is 0 Å². The molecule has 0 amide bonds. The Bertz CT molecular complexity index is 965. The van der Waals surface area contributed by atoms with E-state index in [0.29, 0.717) is 21.5 Å². The van der Waals surface area contributed by atoms with Gasteiger partial charge in [0.05, 0.1) is 5.69 Å². The zero-order valence-electron chi connectivity index (χ0n) is 14.5. The number of anilines is 1. The lowest BCUT2D eigenvalue weighted by molar-refractivity contribution is 0.869. The molecule has 0 aliphatic rings. The topological polar surface area (TPSA) is 48.7 Å². The summed E-state index contributed by atoms with van der Waals surface area (Å²) < 4.78 is 0. The van der Waals surface area contributed by atoms with Crippen LogP contribution in [0, 0.1) is 11.3 Å². The molecule has 1 N–H and O–H groups in total. The Morgan fingerprint density at radius 3 is 2.62 bits per heavy atom. The number of para-hydroxylation sites is 1. The first-order chi connectivity index (χ1) is 12.6. The third kappa shape index (κ3) is 4.13. The fourth-order valence-corrected chi connectivity index (χ4v) is 3.49. The largest absolute Gasteiger partial charge is 0.360 e. The van der Waals surface area contributed by atoms with Crippen LogP contribution in [0.15, 0.2) is 60.1 Å². The summed E-state index contributed by atoms with van der Waals surface area (Å²) in [4.78, 5) is 4.60. The molecule has 3 rings (SSSR count). The highest BCUT2D eigenvalue weighted by molar-refractivity contribution is 7.11. The van der Waals surface area contributed by atoms with Gasteiger partial charge in [0.15, 0.2) is 0 Å². The smallest absolute Gasteiger partial charge is 0.136 e. The molecule has 1 heterocycles. The molecule has 0 fully saturated rings. The first kappa shape index (κ1) is 18.2. The van der Waals surface area contributed by atoms with Crippen molar-refractivity contribution < 1.29 is 0 Å². The van der Waals surface area contributed by atoms with Crippen LogP contribution in [0.1, 0.15) is 30.3 Å². The van der Waals surface area contributed by atoms with E-state index < -0.39 is 0 Å². The van der Waals surface area contributed by atoms with Crippen LogP contribution in [-0.4, -0.2) is 4.98 Å². The molecule has 0 unspecified atom stereocenters. The Kier molecular flexibility index (Phi) is 5.72. The maximum absolute atomic E-state index is 9.54. The van der Waals surface area contributed by atoms with Crippen LogP contribution < -0.4 is 5.32 Å². The summed E-state index contributed by atoms with van der Waals surface area (Å²) in [6, 6.07) is 17.9. The van der Waals surface area contributed by atoms with Crippen molar-refractivity contribution in [3.05, 3.63) is 75.7 Å². The zero-order valence-corrected chi connectivity index (χ0v) is 16.1. The summed E-state index contributed by atoms with van der Waals surface area (Å²) in [6.07, 6.45) is 1.73. The molecule has 0 bridgehead atoms. The fraction of sp³-hybridized carbons (Fsp3) is 0.143. The van der Waals surface area contributed by atoms with Gasteiger partial charge in [-0.1, -0.05) is 55.8 Å². The number of hydrogen-bond acceptors (Lipinski definition) is 4. The van der Waals surface area contributed by atoms with Gasteiger partial charge in [0.1, 0.15) is 16.6 Å². The first-order valence-electron chi connectivity index (χ1n) is 8.26.